The van der Waals surface area contributed by atoms with E-state index in [4.69, 9.17) is 4.74 Å². The van der Waals surface area contributed by atoms with E-state index in [1.165, 1.54) is 5.56 Å². The summed E-state index contributed by atoms with van der Waals surface area (Å²) < 4.78 is 7.61. The van der Waals surface area contributed by atoms with Crippen LogP contribution in [0.3, 0.4) is 0 Å². The molecule has 0 aromatic carbocycles. The van der Waals surface area contributed by atoms with Gasteiger partial charge in [0.2, 0.25) is 5.91 Å². The van der Waals surface area contributed by atoms with Crippen LogP contribution in [0, 0.1) is 6.92 Å². The van der Waals surface area contributed by atoms with E-state index in [9.17, 15) is 4.79 Å². The second-order valence-electron chi connectivity index (χ2n) is 6.36. The van der Waals surface area contributed by atoms with Crippen molar-refractivity contribution in [1.29, 1.82) is 0 Å². The molecule has 2 saturated heterocycles. The lowest BCUT2D eigenvalue weighted by Crippen LogP contribution is -2.60. The number of rotatable bonds is 3. The number of carbonyl (C=O) groups is 1. The Morgan fingerprint density at radius 3 is 3.05 bits per heavy atom. The molecule has 0 unspecified atom stereocenters. The smallest absolute Gasteiger partial charge is 0.246 e. The van der Waals surface area contributed by atoms with Gasteiger partial charge >= 0.3 is 0 Å². The number of ether oxygens (including phenoxy) is 1. The van der Waals surface area contributed by atoms with Crippen LogP contribution in [0.2, 0.25) is 0 Å². The molecule has 0 radical (unpaired) electrons. The van der Waals surface area contributed by atoms with Gasteiger partial charge in [0.1, 0.15) is 6.61 Å². The Morgan fingerprint density at radius 2 is 2.33 bits per heavy atom. The van der Waals surface area contributed by atoms with Crippen molar-refractivity contribution in [1.82, 2.24) is 20.0 Å². The first-order valence-corrected chi connectivity index (χ1v) is 7.71. The van der Waals surface area contributed by atoms with Crippen LogP contribution in [0.1, 0.15) is 37.6 Å². The van der Waals surface area contributed by atoms with Gasteiger partial charge < -0.3 is 10.1 Å². The molecule has 0 bridgehead atoms. The van der Waals surface area contributed by atoms with Gasteiger partial charge in [-0.15, -0.1) is 0 Å². The zero-order chi connectivity index (χ0) is 15.0. The van der Waals surface area contributed by atoms with Gasteiger partial charge in [-0.1, -0.05) is 0 Å². The third-order valence-electron chi connectivity index (χ3n) is 4.35. The molecule has 2 aliphatic rings. The molecule has 3 heterocycles. The van der Waals surface area contributed by atoms with Crippen molar-refractivity contribution in [3.05, 3.63) is 17.5 Å². The van der Waals surface area contributed by atoms with Crippen LogP contribution in [-0.2, 0) is 16.1 Å². The predicted molar refractivity (Wildman–Crippen MR) is 78.9 cm³/mol. The van der Waals surface area contributed by atoms with E-state index in [2.05, 4.69) is 42.3 Å². The number of fused-ring (bicyclic) bond motifs is 1. The second-order valence-corrected chi connectivity index (χ2v) is 6.36. The lowest BCUT2D eigenvalue weighted by atomic mass is 10.00. The second kappa shape index (κ2) is 5.77. The Morgan fingerprint density at radius 1 is 1.52 bits per heavy atom. The number of piperidine rings is 1. The highest BCUT2D eigenvalue weighted by molar-refractivity contribution is 5.78. The number of hydrogen-bond donors (Lipinski definition) is 1. The number of amides is 1. The standard InChI is InChI=1S/C15H24N4O2/c1-10(2)19-7-12(11(3)17-19)6-18-5-4-14-13(8-18)16-15(20)9-21-14/h7,10,13-14H,4-6,8-9H2,1-3H3,(H,16,20)/t13-,14-/m0/s1. The van der Waals surface area contributed by atoms with E-state index < -0.39 is 0 Å². The average molecular weight is 292 g/mol. The van der Waals surface area contributed by atoms with Crippen LogP contribution in [0.4, 0.5) is 0 Å². The Hall–Kier alpha value is -1.40. The number of aromatic nitrogens is 2. The molecule has 2 fully saturated rings. The average Bonchev–Trinajstić information content (AvgIpc) is 2.80. The van der Waals surface area contributed by atoms with E-state index >= 15 is 0 Å². The fourth-order valence-corrected chi connectivity index (χ4v) is 3.09. The maximum Gasteiger partial charge on any atom is 0.246 e. The molecule has 1 aromatic rings. The van der Waals surface area contributed by atoms with Crippen LogP contribution in [0.25, 0.3) is 0 Å². The van der Waals surface area contributed by atoms with Crippen molar-refractivity contribution >= 4 is 5.91 Å². The molecule has 2 atom stereocenters. The Kier molecular flexibility index (Phi) is 3.99. The predicted octanol–water partition coefficient (Wildman–Crippen LogP) is 0.862. The van der Waals surface area contributed by atoms with E-state index in [0.29, 0.717) is 6.04 Å². The molecule has 6 nitrogen and oxygen atoms in total. The molecule has 2 aliphatic heterocycles. The van der Waals surface area contributed by atoms with E-state index in [0.717, 1.165) is 31.7 Å². The molecule has 1 amide bonds. The van der Waals surface area contributed by atoms with Gasteiger partial charge in [0.05, 0.1) is 17.8 Å². The third kappa shape index (κ3) is 3.11. The van der Waals surface area contributed by atoms with Gasteiger partial charge in [0.15, 0.2) is 0 Å². The van der Waals surface area contributed by atoms with Crippen LogP contribution in [0.15, 0.2) is 6.20 Å². The molecular formula is C15H24N4O2. The first-order chi connectivity index (χ1) is 10.0. The topological polar surface area (TPSA) is 59.4 Å². The van der Waals surface area contributed by atoms with Gasteiger partial charge in [-0.25, -0.2) is 0 Å². The highest BCUT2D eigenvalue weighted by atomic mass is 16.5. The monoisotopic (exact) mass is 292 g/mol. The fraction of sp³-hybridized carbons (Fsp3) is 0.733. The number of likely N-dealkylation sites (tertiary alicyclic amines) is 1. The Labute approximate surface area is 125 Å². The van der Waals surface area contributed by atoms with Gasteiger partial charge in [0, 0.05) is 37.4 Å². The maximum atomic E-state index is 11.4. The van der Waals surface area contributed by atoms with E-state index in [1.807, 2.05) is 4.68 Å². The van der Waals surface area contributed by atoms with Crippen molar-refractivity contribution in [3.63, 3.8) is 0 Å². The van der Waals surface area contributed by atoms with Crippen LogP contribution in [0.5, 0.6) is 0 Å². The minimum atomic E-state index is 0.00177. The molecule has 1 aromatic heterocycles. The Bertz CT molecular complexity index is 526. The number of aryl methyl sites for hydroxylation is 1. The molecule has 0 spiro atoms. The number of nitrogens with one attached hydrogen (secondary N) is 1. The third-order valence-corrected chi connectivity index (χ3v) is 4.35. The van der Waals surface area contributed by atoms with E-state index in [-0.39, 0.29) is 24.7 Å². The van der Waals surface area contributed by atoms with Crippen molar-refractivity contribution in [2.45, 2.75) is 51.9 Å². The van der Waals surface area contributed by atoms with Crippen molar-refractivity contribution in [2.75, 3.05) is 19.7 Å². The molecule has 1 N–H and O–H groups in total. The number of nitrogens with zero attached hydrogens (tertiary/aromatic N) is 3. The number of carbonyl (C=O) groups excluding carboxylic acids is 1. The SMILES string of the molecule is Cc1nn(C(C)C)cc1CN1CC[C@@H]2OCC(=O)N[C@H]2C1. The zero-order valence-corrected chi connectivity index (χ0v) is 13.0. The van der Waals surface area contributed by atoms with Crippen molar-refractivity contribution in [3.8, 4) is 0 Å². The highest BCUT2D eigenvalue weighted by Crippen LogP contribution is 2.20. The highest BCUT2D eigenvalue weighted by Gasteiger charge is 2.34. The van der Waals surface area contributed by atoms with Crippen LogP contribution < -0.4 is 5.32 Å². The normalized spacial score (nSPS) is 26.8. The van der Waals surface area contributed by atoms with Gasteiger partial charge in [-0.05, 0) is 27.2 Å². The molecule has 116 valence electrons. The number of hydrogen-bond acceptors (Lipinski definition) is 4. The summed E-state index contributed by atoms with van der Waals surface area (Å²) >= 11 is 0. The summed E-state index contributed by atoms with van der Waals surface area (Å²) in [7, 11) is 0. The van der Waals surface area contributed by atoms with Gasteiger partial charge in [-0.3, -0.25) is 14.4 Å². The summed E-state index contributed by atoms with van der Waals surface area (Å²) in [4.78, 5) is 13.8. The molecule has 0 saturated carbocycles. The van der Waals surface area contributed by atoms with Crippen molar-refractivity contribution in [2.24, 2.45) is 0 Å². The quantitative estimate of drug-likeness (QED) is 0.898. The summed E-state index contributed by atoms with van der Waals surface area (Å²) in [6.45, 7) is 9.28. The molecular weight excluding hydrogens is 268 g/mol. The summed E-state index contributed by atoms with van der Waals surface area (Å²) in [6, 6.07) is 0.509. The first-order valence-electron chi connectivity index (χ1n) is 7.71. The maximum absolute atomic E-state index is 11.4. The zero-order valence-electron chi connectivity index (χ0n) is 13.0. The minimum Gasteiger partial charge on any atom is -0.366 e. The lowest BCUT2D eigenvalue weighted by molar-refractivity contribution is -0.140. The first kappa shape index (κ1) is 14.5. The number of morpholine rings is 1. The summed E-state index contributed by atoms with van der Waals surface area (Å²) in [6.07, 6.45) is 3.29. The molecule has 21 heavy (non-hydrogen) atoms. The Balaban J connectivity index is 1.64. The minimum absolute atomic E-state index is 0.00177. The molecule has 3 rings (SSSR count). The summed E-state index contributed by atoms with van der Waals surface area (Å²) in [5, 5.41) is 7.61. The summed E-state index contributed by atoms with van der Waals surface area (Å²) in [5.41, 5.74) is 2.36. The van der Waals surface area contributed by atoms with E-state index in [1.54, 1.807) is 0 Å². The fourth-order valence-electron chi connectivity index (χ4n) is 3.09. The van der Waals surface area contributed by atoms with Gasteiger partial charge in [-0.2, -0.15) is 5.10 Å². The molecule has 6 heteroatoms. The lowest BCUT2D eigenvalue weighted by Gasteiger charge is -2.41. The van der Waals surface area contributed by atoms with Crippen LogP contribution >= 0.6 is 0 Å². The summed E-state index contributed by atoms with van der Waals surface area (Å²) in [5.74, 6) is 0.00177. The largest absolute Gasteiger partial charge is 0.366 e. The van der Waals surface area contributed by atoms with Gasteiger partial charge in [0.25, 0.3) is 0 Å². The van der Waals surface area contributed by atoms with Crippen LogP contribution in [-0.4, -0.2) is 52.4 Å². The van der Waals surface area contributed by atoms with Crippen molar-refractivity contribution < 1.29 is 9.53 Å². The molecule has 0 aliphatic carbocycles.